The molecule has 0 aliphatic heterocycles. The van der Waals surface area contributed by atoms with Crippen LogP contribution >= 0.6 is 18.8 Å². The average molecular weight is 452 g/mol. The molecule has 9 heteroatoms. The molecular formula is C6H6Cl2N2O3PtS. The van der Waals surface area contributed by atoms with Crippen LogP contribution in [-0.2, 0) is 26.6 Å². The van der Waals surface area contributed by atoms with Crippen LogP contribution in [0.15, 0.2) is 23.1 Å². The van der Waals surface area contributed by atoms with E-state index in [1.54, 1.807) is 0 Å². The van der Waals surface area contributed by atoms with Crippen molar-refractivity contribution in [3.63, 3.8) is 0 Å². The molecule has 0 aliphatic rings. The van der Waals surface area contributed by atoms with Gasteiger partial charge in [-0.25, -0.2) is 0 Å². The van der Waals surface area contributed by atoms with Gasteiger partial charge in [0.25, 0.3) is 10.1 Å². The molecule has 0 atom stereocenters. The minimum Gasteiger partial charge on any atom is -0.700 e. The number of rotatable bonds is 1. The zero-order valence-corrected chi connectivity index (χ0v) is 11.6. The number of nitrogens with one attached hydrogen (secondary N) is 2. The molecule has 1 rings (SSSR count). The van der Waals surface area contributed by atoms with Crippen molar-refractivity contribution in [3.8, 4) is 0 Å². The first-order valence-electron chi connectivity index (χ1n) is 3.20. The number of hydrogen-bond donors (Lipinski definition) is 1. The molecule has 88 valence electrons. The van der Waals surface area contributed by atoms with E-state index in [9.17, 15) is 8.42 Å². The fraction of sp³-hybridized carbons (Fsp3) is 0. The van der Waals surface area contributed by atoms with Crippen LogP contribution in [0.1, 0.15) is 0 Å². The Balaban J connectivity index is 0.000000583. The van der Waals surface area contributed by atoms with E-state index in [1.807, 2.05) is 0 Å². The first-order chi connectivity index (χ1) is 6.82. The Morgan fingerprint density at radius 1 is 1.20 bits per heavy atom. The van der Waals surface area contributed by atoms with Gasteiger partial charge >= 0.3 is 35.3 Å². The van der Waals surface area contributed by atoms with Gasteiger partial charge < -0.3 is 11.5 Å². The molecule has 0 fully saturated rings. The third-order valence-electron chi connectivity index (χ3n) is 1.29. The standard InChI is InChI=1S/C6H6N2O3S.2ClH.Pt/c7-5-2-1-4(3-6(5)8)12(9,10)11;;;/h1-3,7-8H,(H,9,10,11);2*1H;/q-2;;;+4/p-2. The van der Waals surface area contributed by atoms with Crippen LogP contribution < -0.4 is 0 Å². The second kappa shape index (κ2) is 6.55. The minimum atomic E-state index is -4.25. The third kappa shape index (κ3) is 5.58. The smallest absolute Gasteiger partial charge is 0.294 e. The first-order valence-corrected chi connectivity index (χ1v) is 10.3. The van der Waals surface area contributed by atoms with Gasteiger partial charge in [-0.2, -0.15) is 19.8 Å². The Labute approximate surface area is 104 Å². The fourth-order valence-electron chi connectivity index (χ4n) is 0.684. The molecule has 0 amide bonds. The van der Waals surface area contributed by atoms with E-state index >= 15 is 0 Å². The molecule has 0 unspecified atom stereocenters. The summed E-state index contributed by atoms with van der Waals surface area (Å²) in [4.78, 5) is -0.358. The Hall–Kier alpha value is -0.00169. The van der Waals surface area contributed by atoms with E-state index in [-0.39, 0.29) is 16.3 Å². The normalized spacial score (nSPS) is 10.6. The summed E-state index contributed by atoms with van der Waals surface area (Å²) in [5.74, 6) is 0. The molecule has 0 radical (unpaired) electrons. The molecule has 0 heterocycles. The van der Waals surface area contributed by atoms with Crippen molar-refractivity contribution in [1.82, 2.24) is 0 Å². The first kappa shape index (κ1) is 15.0. The summed E-state index contributed by atoms with van der Waals surface area (Å²) in [6.45, 7) is 0. The van der Waals surface area contributed by atoms with E-state index in [4.69, 9.17) is 34.9 Å². The molecule has 0 bridgehead atoms. The van der Waals surface area contributed by atoms with Gasteiger partial charge in [-0.1, -0.05) is 12.1 Å². The number of halogens is 2. The topological polar surface area (TPSA) is 102 Å². The van der Waals surface area contributed by atoms with Gasteiger partial charge in [0.1, 0.15) is 0 Å². The SMILES string of the molecule is [Cl][Pt+2][Cl].[NH-]c1ccc(S(=O)(=O)O)cc1[NH-]. The summed E-state index contributed by atoms with van der Waals surface area (Å²) in [5, 5.41) is 0. The number of hydrogen-bond acceptors (Lipinski definition) is 2. The zero-order valence-electron chi connectivity index (χ0n) is 6.98. The van der Waals surface area contributed by atoms with E-state index in [2.05, 4.69) is 0 Å². The summed E-state index contributed by atoms with van der Waals surface area (Å²) >= 11 is -0.472. The van der Waals surface area contributed by atoms with Crippen molar-refractivity contribution < 1.29 is 29.5 Å². The van der Waals surface area contributed by atoms with Gasteiger partial charge in [0, 0.05) is 0 Å². The maximum atomic E-state index is 10.5. The quantitative estimate of drug-likeness (QED) is 0.658. The third-order valence-corrected chi connectivity index (χ3v) is 2.14. The van der Waals surface area contributed by atoms with Crippen LogP contribution in [0.2, 0.25) is 0 Å². The van der Waals surface area contributed by atoms with E-state index in [1.165, 1.54) is 0 Å². The molecular weight excluding hydrogens is 446 g/mol. The second-order valence-corrected chi connectivity index (χ2v) is 6.93. The molecule has 0 saturated heterocycles. The predicted molar refractivity (Wildman–Crippen MR) is 55.9 cm³/mol. The molecule has 1 aromatic carbocycles. The van der Waals surface area contributed by atoms with E-state index in [0.29, 0.717) is 0 Å². The molecule has 1 aromatic rings. The van der Waals surface area contributed by atoms with Crippen LogP contribution in [-0.4, -0.2) is 13.0 Å². The molecule has 3 N–H and O–H groups in total. The molecule has 0 aliphatic carbocycles. The van der Waals surface area contributed by atoms with Crippen molar-refractivity contribution in [3.05, 3.63) is 29.7 Å². The van der Waals surface area contributed by atoms with Gasteiger partial charge in [-0.05, 0) is 6.07 Å². The summed E-state index contributed by atoms with van der Waals surface area (Å²) in [6.07, 6.45) is 0. The number of benzene rings is 1. The van der Waals surface area contributed by atoms with Gasteiger partial charge in [-0.15, -0.1) is 0 Å². The average Bonchev–Trinajstić information content (AvgIpc) is 2.09. The Bertz CT molecular complexity index is 426. The van der Waals surface area contributed by atoms with E-state index < -0.39 is 26.6 Å². The van der Waals surface area contributed by atoms with Crippen molar-refractivity contribution >= 4 is 40.3 Å². The summed E-state index contributed by atoms with van der Waals surface area (Å²) in [5.41, 5.74) is 13.8. The maximum absolute atomic E-state index is 10.5. The van der Waals surface area contributed by atoms with Gasteiger partial charge in [0.2, 0.25) is 0 Å². The predicted octanol–water partition coefficient (Wildman–Crippen LogP) is 3.68. The molecule has 15 heavy (non-hydrogen) atoms. The fourth-order valence-corrected chi connectivity index (χ4v) is 1.19. The molecule has 0 saturated carbocycles. The van der Waals surface area contributed by atoms with Crippen molar-refractivity contribution in [2.24, 2.45) is 0 Å². The summed E-state index contributed by atoms with van der Waals surface area (Å²) < 4.78 is 29.5. The summed E-state index contributed by atoms with van der Waals surface area (Å²) in [7, 11) is 5.50. The van der Waals surface area contributed by atoms with Crippen LogP contribution in [0.4, 0.5) is 11.4 Å². The largest absolute Gasteiger partial charge is 0.700 e. The second-order valence-electron chi connectivity index (χ2n) is 2.23. The van der Waals surface area contributed by atoms with Crippen LogP contribution in [0.5, 0.6) is 0 Å². The molecule has 0 spiro atoms. The monoisotopic (exact) mass is 451 g/mol. The van der Waals surface area contributed by atoms with Gasteiger partial charge in [0.15, 0.2) is 0 Å². The van der Waals surface area contributed by atoms with Crippen LogP contribution in [0, 0.1) is 0 Å². The Morgan fingerprint density at radius 3 is 2.00 bits per heavy atom. The summed E-state index contributed by atoms with van der Waals surface area (Å²) in [6, 6.07) is 3.15. The Kier molecular flexibility index (Phi) is 6.55. The minimum absolute atomic E-state index is 0.0811. The van der Waals surface area contributed by atoms with E-state index in [0.717, 1.165) is 18.2 Å². The van der Waals surface area contributed by atoms with Crippen molar-refractivity contribution in [2.75, 3.05) is 0 Å². The zero-order chi connectivity index (χ0) is 12.1. The maximum Gasteiger partial charge on any atom is 0.294 e. The van der Waals surface area contributed by atoms with Crippen LogP contribution in [0.25, 0.3) is 11.5 Å². The van der Waals surface area contributed by atoms with Crippen molar-refractivity contribution in [2.45, 2.75) is 4.90 Å². The van der Waals surface area contributed by atoms with Gasteiger partial charge in [0.05, 0.1) is 4.90 Å². The van der Waals surface area contributed by atoms with Crippen LogP contribution in [0.3, 0.4) is 0 Å². The molecule has 0 aromatic heterocycles. The van der Waals surface area contributed by atoms with Gasteiger partial charge in [-0.3, -0.25) is 4.55 Å². The molecule has 5 nitrogen and oxygen atoms in total. The Morgan fingerprint density at radius 2 is 1.67 bits per heavy atom. The van der Waals surface area contributed by atoms with Crippen molar-refractivity contribution in [1.29, 1.82) is 0 Å².